The van der Waals surface area contributed by atoms with E-state index in [-0.39, 0.29) is 0 Å². The minimum atomic E-state index is 0.830. The van der Waals surface area contributed by atoms with Crippen molar-refractivity contribution in [3.63, 3.8) is 0 Å². The molecule has 0 aromatic carbocycles. The van der Waals surface area contributed by atoms with Crippen LogP contribution in [0.5, 0.6) is 0 Å². The summed E-state index contributed by atoms with van der Waals surface area (Å²) in [7, 11) is 0. The van der Waals surface area contributed by atoms with Crippen LogP contribution < -0.4 is 5.32 Å². The zero-order chi connectivity index (χ0) is 13.1. The highest BCUT2D eigenvalue weighted by molar-refractivity contribution is 4.95. The van der Waals surface area contributed by atoms with E-state index in [0.29, 0.717) is 0 Å². The molecule has 2 atom stereocenters. The van der Waals surface area contributed by atoms with Crippen molar-refractivity contribution in [2.75, 3.05) is 32.7 Å². The summed E-state index contributed by atoms with van der Waals surface area (Å²) in [5.74, 6) is 0. The van der Waals surface area contributed by atoms with Gasteiger partial charge in [-0.2, -0.15) is 0 Å². The van der Waals surface area contributed by atoms with Gasteiger partial charge in [0, 0.05) is 18.1 Å². The molecule has 0 spiro atoms. The average molecular weight is 265 g/mol. The molecule has 0 saturated carbocycles. The quantitative estimate of drug-likeness (QED) is 0.793. The van der Waals surface area contributed by atoms with Crippen LogP contribution in [0.25, 0.3) is 0 Å². The van der Waals surface area contributed by atoms with Crippen molar-refractivity contribution in [2.45, 2.75) is 70.0 Å². The topological polar surface area (TPSA) is 18.5 Å². The molecule has 0 radical (unpaired) electrons. The molecule has 3 aliphatic rings. The number of nitrogens with zero attached hydrogens (tertiary/aromatic N) is 2. The van der Waals surface area contributed by atoms with Crippen molar-refractivity contribution in [1.29, 1.82) is 0 Å². The third-order valence-electron chi connectivity index (χ3n) is 5.49. The molecule has 3 heterocycles. The summed E-state index contributed by atoms with van der Waals surface area (Å²) < 4.78 is 0. The van der Waals surface area contributed by atoms with Gasteiger partial charge in [0.1, 0.15) is 0 Å². The summed E-state index contributed by atoms with van der Waals surface area (Å²) in [6, 6.07) is 2.52. The summed E-state index contributed by atoms with van der Waals surface area (Å²) in [5, 5.41) is 3.77. The Labute approximate surface area is 118 Å². The molecule has 2 bridgehead atoms. The first-order valence-electron chi connectivity index (χ1n) is 8.57. The lowest BCUT2D eigenvalue weighted by molar-refractivity contribution is 0.141. The number of fused-ring (bicyclic) bond motifs is 2. The molecular weight excluding hydrogens is 234 g/mol. The Bertz CT molecular complexity index is 263. The monoisotopic (exact) mass is 265 g/mol. The Morgan fingerprint density at radius 2 is 1.79 bits per heavy atom. The molecule has 3 fully saturated rings. The predicted molar refractivity (Wildman–Crippen MR) is 80.5 cm³/mol. The minimum absolute atomic E-state index is 0.830. The molecule has 110 valence electrons. The summed E-state index contributed by atoms with van der Waals surface area (Å²) >= 11 is 0. The molecule has 3 rings (SSSR count). The molecule has 1 N–H and O–H groups in total. The SMILES string of the molecule is CCN(CCCN1CCCC1)C1CC2CCC(C1)N2. The maximum Gasteiger partial charge on any atom is 0.0125 e. The van der Waals surface area contributed by atoms with Crippen LogP contribution in [0.4, 0.5) is 0 Å². The van der Waals surface area contributed by atoms with E-state index in [9.17, 15) is 0 Å². The highest BCUT2D eigenvalue weighted by Gasteiger charge is 2.35. The van der Waals surface area contributed by atoms with Gasteiger partial charge in [-0.25, -0.2) is 0 Å². The van der Waals surface area contributed by atoms with E-state index in [2.05, 4.69) is 22.0 Å². The third-order valence-corrected chi connectivity index (χ3v) is 5.49. The van der Waals surface area contributed by atoms with Crippen LogP contribution in [0.15, 0.2) is 0 Å². The van der Waals surface area contributed by atoms with Crippen LogP contribution in [0.2, 0.25) is 0 Å². The molecule has 0 aliphatic carbocycles. The second-order valence-corrected chi connectivity index (χ2v) is 6.79. The predicted octanol–water partition coefficient (Wildman–Crippen LogP) is 2.08. The van der Waals surface area contributed by atoms with Crippen molar-refractivity contribution >= 4 is 0 Å². The molecular formula is C16H31N3. The largest absolute Gasteiger partial charge is 0.311 e. The van der Waals surface area contributed by atoms with E-state index >= 15 is 0 Å². The number of piperidine rings is 1. The van der Waals surface area contributed by atoms with E-state index in [4.69, 9.17) is 0 Å². The van der Waals surface area contributed by atoms with Gasteiger partial charge in [-0.3, -0.25) is 0 Å². The van der Waals surface area contributed by atoms with Crippen LogP contribution in [0.3, 0.4) is 0 Å². The van der Waals surface area contributed by atoms with Crippen LogP contribution in [-0.2, 0) is 0 Å². The molecule has 0 amide bonds. The number of hydrogen-bond acceptors (Lipinski definition) is 3. The van der Waals surface area contributed by atoms with Gasteiger partial charge in [-0.1, -0.05) is 6.92 Å². The Morgan fingerprint density at radius 3 is 2.42 bits per heavy atom. The lowest BCUT2D eigenvalue weighted by Gasteiger charge is -2.37. The van der Waals surface area contributed by atoms with E-state index in [0.717, 1.165) is 18.1 Å². The number of rotatable bonds is 6. The van der Waals surface area contributed by atoms with Gasteiger partial charge in [0.15, 0.2) is 0 Å². The summed E-state index contributed by atoms with van der Waals surface area (Å²) in [4.78, 5) is 5.42. The third kappa shape index (κ3) is 3.50. The van der Waals surface area contributed by atoms with Gasteiger partial charge in [0.2, 0.25) is 0 Å². The van der Waals surface area contributed by atoms with E-state index in [1.807, 2.05) is 0 Å². The molecule has 0 aromatic rings. The maximum atomic E-state index is 3.77. The first-order chi connectivity index (χ1) is 9.35. The second-order valence-electron chi connectivity index (χ2n) is 6.79. The van der Waals surface area contributed by atoms with E-state index in [1.54, 1.807) is 0 Å². The standard InChI is InChI=1S/C16H31N3/c1-2-19(11-5-10-18-8-3-4-9-18)16-12-14-6-7-15(13-16)17-14/h14-17H,2-13H2,1H3. The number of nitrogens with one attached hydrogen (secondary N) is 1. The van der Waals surface area contributed by atoms with Crippen LogP contribution in [-0.4, -0.2) is 60.6 Å². The Morgan fingerprint density at radius 1 is 1.11 bits per heavy atom. The highest BCUT2D eigenvalue weighted by atomic mass is 15.2. The fourth-order valence-electron chi connectivity index (χ4n) is 4.43. The maximum absolute atomic E-state index is 3.77. The van der Waals surface area contributed by atoms with Gasteiger partial charge in [-0.05, 0) is 77.7 Å². The summed E-state index contributed by atoms with van der Waals surface area (Å²) in [6.07, 6.45) is 9.86. The van der Waals surface area contributed by atoms with E-state index in [1.165, 1.54) is 77.7 Å². The van der Waals surface area contributed by atoms with Crippen LogP contribution in [0.1, 0.15) is 51.9 Å². The molecule has 0 aromatic heterocycles. The number of hydrogen-bond donors (Lipinski definition) is 1. The molecule has 2 unspecified atom stereocenters. The molecule has 3 saturated heterocycles. The zero-order valence-electron chi connectivity index (χ0n) is 12.6. The van der Waals surface area contributed by atoms with Crippen LogP contribution >= 0.6 is 0 Å². The summed E-state index contributed by atoms with van der Waals surface area (Å²) in [5.41, 5.74) is 0. The van der Waals surface area contributed by atoms with Crippen molar-refractivity contribution in [1.82, 2.24) is 15.1 Å². The fraction of sp³-hybridized carbons (Fsp3) is 1.00. The van der Waals surface area contributed by atoms with Gasteiger partial charge < -0.3 is 15.1 Å². The first-order valence-corrected chi connectivity index (χ1v) is 8.57. The van der Waals surface area contributed by atoms with Gasteiger partial charge in [0.25, 0.3) is 0 Å². The molecule has 19 heavy (non-hydrogen) atoms. The molecule has 3 aliphatic heterocycles. The van der Waals surface area contributed by atoms with Gasteiger partial charge in [0.05, 0.1) is 0 Å². The minimum Gasteiger partial charge on any atom is -0.311 e. The van der Waals surface area contributed by atoms with Crippen molar-refractivity contribution in [3.8, 4) is 0 Å². The smallest absolute Gasteiger partial charge is 0.0125 e. The summed E-state index contributed by atoms with van der Waals surface area (Å²) in [6.45, 7) is 8.93. The average Bonchev–Trinajstić information content (AvgIpc) is 3.05. The Kier molecular flexibility index (Phi) is 4.78. The Balaban J connectivity index is 1.42. The molecule has 3 heteroatoms. The van der Waals surface area contributed by atoms with E-state index < -0.39 is 0 Å². The fourth-order valence-corrected chi connectivity index (χ4v) is 4.43. The first kappa shape index (κ1) is 13.8. The molecule has 3 nitrogen and oxygen atoms in total. The number of likely N-dealkylation sites (tertiary alicyclic amines) is 1. The zero-order valence-corrected chi connectivity index (χ0v) is 12.6. The van der Waals surface area contributed by atoms with Crippen molar-refractivity contribution in [2.24, 2.45) is 0 Å². The lowest BCUT2D eigenvalue weighted by atomic mass is 9.98. The normalized spacial score (nSPS) is 35.4. The van der Waals surface area contributed by atoms with Gasteiger partial charge >= 0.3 is 0 Å². The highest BCUT2D eigenvalue weighted by Crippen LogP contribution is 2.29. The lowest BCUT2D eigenvalue weighted by Crippen LogP contribution is -2.48. The van der Waals surface area contributed by atoms with Crippen molar-refractivity contribution < 1.29 is 0 Å². The second kappa shape index (κ2) is 6.55. The van der Waals surface area contributed by atoms with Crippen molar-refractivity contribution in [3.05, 3.63) is 0 Å². The van der Waals surface area contributed by atoms with Gasteiger partial charge in [-0.15, -0.1) is 0 Å². The van der Waals surface area contributed by atoms with Crippen LogP contribution in [0, 0.1) is 0 Å². The Hall–Kier alpha value is -0.120.